The molecule has 0 aromatic heterocycles. The SMILES string of the molecule is C/C(CC(=O)Nc1ccc(N(C)C)cc1)=N\NC(=O)C(=O)N1CCOCC1. The molecule has 0 radical (unpaired) electrons. The molecular formula is C18H25N5O4. The van der Waals surface area contributed by atoms with Crippen LogP contribution in [0.25, 0.3) is 0 Å². The molecule has 1 aliphatic rings. The monoisotopic (exact) mass is 375 g/mol. The Bertz CT molecular complexity index is 709. The Balaban J connectivity index is 1.80. The number of carbonyl (C=O) groups excluding carboxylic acids is 3. The van der Waals surface area contributed by atoms with Gasteiger partial charge in [0, 0.05) is 44.3 Å². The first kappa shape index (κ1) is 20.4. The van der Waals surface area contributed by atoms with Gasteiger partial charge in [0.25, 0.3) is 0 Å². The molecule has 9 heteroatoms. The molecule has 0 spiro atoms. The second-order valence-electron chi connectivity index (χ2n) is 6.36. The van der Waals surface area contributed by atoms with Crippen molar-refractivity contribution >= 4 is 34.8 Å². The van der Waals surface area contributed by atoms with Crippen molar-refractivity contribution in [3.63, 3.8) is 0 Å². The quantitative estimate of drug-likeness (QED) is 0.441. The third kappa shape index (κ3) is 6.37. The van der Waals surface area contributed by atoms with E-state index < -0.39 is 11.8 Å². The number of amides is 3. The number of anilines is 2. The van der Waals surface area contributed by atoms with Gasteiger partial charge in [-0.15, -0.1) is 0 Å². The molecule has 1 fully saturated rings. The minimum atomic E-state index is -0.823. The number of nitrogens with one attached hydrogen (secondary N) is 2. The standard InChI is InChI=1S/C18H25N5O4/c1-13(20-21-17(25)18(26)23-8-10-27-11-9-23)12-16(24)19-14-4-6-15(7-5-14)22(2)3/h4-7H,8-12H2,1-3H3,(H,19,24)(H,21,25)/b20-13+. The molecule has 1 saturated heterocycles. The molecule has 2 N–H and O–H groups in total. The van der Waals surface area contributed by atoms with Gasteiger partial charge in [0.2, 0.25) is 5.91 Å². The largest absolute Gasteiger partial charge is 0.378 e. The van der Waals surface area contributed by atoms with Crippen LogP contribution in [0.4, 0.5) is 11.4 Å². The van der Waals surface area contributed by atoms with E-state index >= 15 is 0 Å². The Kier molecular flexibility index (Phi) is 7.30. The minimum absolute atomic E-state index is 0.00145. The van der Waals surface area contributed by atoms with Crippen LogP contribution in [0.5, 0.6) is 0 Å². The summed E-state index contributed by atoms with van der Waals surface area (Å²) in [6.07, 6.45) is 0.00145. The van der Waals surface area contributed by atoms with Crippen LogP contribution in [-0.2, 0) is 19.1 Å². The van der Waals surface area contributed by atoms with Crippen LogP contribution in [0.1, 0.15) is 13.3 Å². The fourth-order valence-electron chi connectivity index (χ4n) is 2.42. The van der Waals surface area contributed by atoms with Crippen LogP contribution in [-0.4, -0.2) is 68.7 Å². The highest BCUT2D eigenvalue weighted by atomic mass is 16.5. The van der Waals surface area contributed by atoms with E-state index in [0.29, 0.717) is 37.7 Å². The summed E-state index contributed by atoms with van der Waals surface area (Å²) in [7, 11) is 3.87. The smallest absolute Gasteiger partial charge is 0.329 e. The molecule has 0 bridgehead atoms. The van der Waals surface area contributed by atoms with Gasteiger partial charge < -0.3 is 19.9 Å². The maximum absolute atomic E-state index is 12.1. The molecule has 2 rings (SSSR count). The van der Waals surface area contributed by atoms with Gasteiger partial charge >= 0.3 is 11.8 Å². The zero-order valence-electron chi connectivity index (χ0n) is 15.8. The zero-order chi connectivity index (χ0) is 19.8. The zero-order valence-corrected chi connectivity index (χ0v) is 15.8. The van der Waals surface area contributed by atoms with Crippen molar-refractivity contribution in [3.8, 4) is 0 Å². The van der Waals surface area contributed by atoms with Crippen molar-refractivity contribution in [1.29, 1.82) is 0 Å². The summed E-state index contributed by atoms with van der Waals surface area (Å²) >= 11 is 0. The highest BCUT2D eigenvalue weighted by molar-refractivity contribution is 6.35. The molecule has 0 unspecified atom stereocenters. The highest BCUT2D eigenvalue weighted by Crippen LogP contribution is 2.15. The lowest BCUT2D eigenvalue weighted by molar-refractivity contribution is -0.148. The van der Waals surface area contributed by atoms with Crippen molar-refractivity contribution in [2.45, 2.75) is 13.3 Å². The lowest BCUT2D eigenvalue weighted by atomic mass is 10.2. The van der Waals surface area contributed by atoms with Crippen LogP contribution in [0.3, 0.4) is 0 Å². The molecule has 1 heterocycles. The van der Waals surface area contributed by atoms with E-state index in [1.807, 2.05) is 43.3 Å². The topological polar surface area (TPSA) is 103 Å². The summed E-state index contributed by atoms with van der Waals surface area (Å²) in [5.74, 6) is -1.74. The predicted octanol–water partition coefficient (Wildman–Crippen LogP) is 0.432. The van der Waals surface area contributed by atoms with Crippen LogP contribution in [0.15, 0.2) is 29.4 Å². The minimum Gasteiger partial charge on any atom is -0.378 e. The number of nitrogens with zero attached hydrogens (tertiary/aromatic N) is 3. The number of benzene rings is 1. The molecular weight excluding hydrogens is 350 g/mol. The van der Waals surface area contributed by atoms with Gasteiger partial charge in [0.1, 0.15) is 0 Å². The molecule has 1 aromatic rings. The molecule has 27 heavy (non-hydrogen) atoms. The second kappa shape index (κ2) is 9.67. The van der Waals surface area contributed by atoms with Crippen LogP contribution >= 0.6 is 0 Å². The van der Waals surface area contributed by atoms with Gasteiger partial charge in [0.15, 0.2) is 0 Å². The molecule has 9 nitrogen and oxygen atoms in total. The first-order valence-corrected chi connectivity index (χ1v) is 8.64. The summed E-state index contributed by atoms with van der Waals surface area (Å²) in [6.45, 7) is 3.19. The number of morpholine rings is 1. The van der Waals surface area contributed by atoms with E-state index in [1.54, 1.807) is 6.92 Å². The maximum Gasteiger partial charge on any atom is 0.329 e. The van der Waals surface area contributed by atoms with Crippen molar-refractivity contribution in [1.82, 2.24) is 10.3 Å². The summed E-state index contributed by atoms with van der Waals surface area (Å²) in [4.78, 5) is 39.2. The number of hydrazone groups is 1. The second-order valence-corrected chi connectivity index (χ2v) is 6.36. The first-order chi connectivity index (χ1) is 12.9. The van der Waals surface area contributed by atoms with Crippen LogP contribution in [0.2, 0.25) is 0 Å². The molecule has 146 valence electrons. The fraction of sp³-hybridized carbons (Fsp3) is 0.444. The molecule has 0 atom stereocenters. The van der Waals surface area contributed by atoms with Gasteiger partial charge in [-0.05, 0) is 31.2 Å². The van der Waals surface area contributed by atoms with Crippen molar-refractivity contribution in [3.05, 3.63) is 24.3 Å². The van der Waals surface area contributed by atoms with E-state index in [0.717, 1.165) is 5.69 Å². The Morgan fingerprint density at radius 1 is 1.15 bits per heavy atom. The number of carbonyl (C=O) groups is 3. The predicted molar refractivity (Wildman–Crippen MR) is 103 cm³/mol. The molecule has 1 aromatic carbocycles. The van der Waals surface area contributed by atoms with Crippen molar-refractivity contribution < 1.29 is 19.1 Å². The number of rotatable bonds is 5. The van der Waals surface area contributed by atoms with E-state index in [4.69, 9.17) is 4.74 Å². The summed E-state index contributed by atoms with van der Waals surface area (Å²) in [5.41, 5.74) is 4.29. The number of hydrogen-bond donors (Lipinski definition) is 2. The normalized spacial score (nSPS) is 14.5. The lowest BCUT2D eigenvalue weighted by Crippen LogP contribution is -2.47. The third-order valence-electron chi connectivity index (χ3n) is 3.92. The lowest BCUT2D eigenvalue weighted by Gasteiger charge is -2.25. The van der Waals surface area contributed by atoms with E-state index in [2.05, 4.69) is 15.8 Å². The Morgan fingerprint density at radius 3 is 2.37 bits per heavy atom. The number of ether oxygens (including phenoxy) is 1. The maximum atomic E-state index is 12.1. The van der Waals surface area contributed by atoms with Gasteiger partial charge in [-0.3, -0.25) is 14.4 Å². The Hall–Kier alpha value is -2.94. The van der Waals surface area contributed by atoms with E-state index in [1.165, 1.54) is 4.90 Å². The average molecular weight is 375 g/mol. The third-order valence-corrected chi connectivity index (χ3v) is 3.92. The molecule has 0 saturated carbocycles. The molecule has 3 amide bonds. The number of hydrogen-bond acceptors (Lipinski definition) is 6. The van der Waals surface area contributed by atoms with E-state index in [-0.39, 0.29) is 12.3 Å². The summed E-state index contributed by atoms with van der Waals surface area (Å²) in [6, 6.07) is 7.41. The average Bonchev–Trinajstić information content (AvgIpc) is 2.66. The molecule has 1 aliphatic heterocycles. The Morgan fingerprint density at radius 2 is 1.78 bits per heavy atom. The van der Waals surface area contributed by atoms with Gasteiger partial charge in [0.05, 0.1) is 19.6 Å². The van der Waals surface area contributed by atoms with Crippen LogP contribution in [0, 0.1) is 0 Å². The van der Waals surface area contributed by atoms with Gasteiger partial charge in [-0.25, -0.2) is 5.43 Å². The van der Waals surface area contributed by atoms with Crippen molar-refractivity contribution in [2.24, 2.45) is 5.10 Å². The van der Waals surface area contributed by atoms with Crippen LogP contribution < -0.4 is 15.6 Å². The molecule has 0 aliphatic carbocycles. The first-order valence-electron chi connectivity index (χ1n) is 8.64. The van der Waals surface area contributed by atoms with Crippen molar-refractivity contribution in [2.75, 3.05) is 50.6 Å². The summed E-state index contributed by atoms with van der Waals surface area (Å²) in [5, 5.41) is 6.59. The van der Waals surface area contributed by atoms with E-state index in [9.17, 15) is 14.4 Å². The Labute approximate surface area is 158 Å². The van der Waals surface area contributed by atoms with Gasteiger partial charge in [-0.1, -0.05) is 0 Å². The summed E-state index contributed by atoms with van der Waals surface area (Å²) < 4.78 is 5.14. The highest BCUT2D eigenvalue weighted by Gasteiger charge is 2.23. The van der Waals surface area contributed by atoms with Gasteiger partial charge in [-0.2, -0.15) is 5.10 Å². The fourth-order valence-corrected chi connectivity index (χ4v) is 2.42.